The van der Waals surface area contributed by atoms with Crippen molar-refractivity contribution in [3.63, 3.8) is 0 Å². The van der Waals surface area contributed by atoms with Crippen LogP contribution in [0.4, 0.5) is 0 Å². The van der Waals surface area contributed by atoms with E-state index in [1.54, 1.807) is 6.08 Å². The number of aliphatic hydroxyl groups is 1. The Morgan fingerprint density at radius 1 is 1.12 bits per heavy atom. The molecular weight excluding hydrogens is 334 g/mol. The van der Waals surface area contributed by atoms with E-state index in [-0.39, 0.29) is 6.54 Å². The van der Waals surface area contributed by atoms with E-state index in [4.69, 9.17) is 0 Å². The summed E-state index contributed by atoms with van der Waals surface area (Å²) in [6.07, 6.45) is 3.33. The van der Waals surface area contributed by atoms with E-state index in [2.05, 4.69) is 10.8 Å². The summed E-state index contributed by atoms with van der Waals surface area (Å²) >= 11 is 0. The van der Waals surface area contributed by atoms with Gasteiger partial charge in [0.1, 0.15) is 0 Å². The highest BCUT2D eigenvalue weighted by Crippen LogP contribution is 2.28. The number of nitrogens with one attached hydrogen (secondary N) is 1. The predicted molar refractivity (Wildman–Crippen MR) is 101 cm³/mol. The highest BCUT2D eigenvalue weighted by molar-refractivity contribution is 7.92. The summed E-state index contributed by atoms with van der Waals surface area (Å²) in [7, 11) is -3.60. The fourth-order valence-electron chi connectivity index (χ4n) is 3.06. The molecule has 2 aromatic rings. The van der Waals surface area contributed by atoms with Crippen LogP contribution in [0.15, 0.2) is 53.9 Å². The summed E-state index contributed by atoms with van der Waals surface area (Å²) < 4.78 is 26.9. The first-order valence-corrected chi connectivity index (χ1v) is 9.94. The number of sulfonamides is 1. The summed E-state index contributed by atoms with van der Waals surface area (Å²) in [6, 6.07) is 15.6. The van der Waals surface area contributed by atoms with Crippen molar-refractivity contribution in [1.82, 2.24) is 4.72 Å². The van der Waals surface area contributed by atoms with Gasteiger partial charge in [0.15, 0.2) is 0 Å². The minimum absolute atomic E-state index is 0.0158. The Kier molecular flexibility index (Phi) is 5.08. The van der Waals surface area contributed by atoms with E-state index in [1.807, 2.05) is 49.4 Å². The van der Waals surface area contributed by atoms with Crippen molar-refractivity contribution in [2.45, 2.75) is 31.8 Å². The third kappa shape index (κ3) is 4.78. The van der Waals surface area contributed by atoms with Crippen molar-refractivity contribution in [1.29, 1.82) is 0 Å². The number of aryl methyl sites for hydroxylation is 2. The van der Waals surface area contributed by atoms with Gasteiger partial charge in [0.2, 0.25) is 10.0 Å². The van der Waals surface area contributed by atoms with Gasteiger partial charge in [0.05, 0.1) is 5.60 Å². The van der Waals surface area contributed by atoms with Crippen LogP contribution < -0.4 is 4.72 Å². The topological polar surface area (TPSA) is 66.4 Å². The summed E-state index contributed by atoms with van der Waals surface area (Å²) in [6.45, 7) is 2.00. The molecule has 0 aliphatic heterocycles. The molecule has 0 saturated carbocycles. The molecule has 5 heteroatoms. The van der Waals surface area contributed by atoms with E-state index in [0.29, 0.717) is 12.8 Å². The van der Waals surface area contributed by atoms with Crippen LogP contribution in [0.3, 0.4) is 0 Å². The van der Waals surface area contributed by atoms with Gasteiger partial charge in [-0.1, -0.05) is 54.1 Å². The molecule has 25 heavy (non-hydrogen) atoms. The van der Waals surface area contributed by atoms with Gasteiger partial charge in [-0.15, -0.1) is 0 Å². The van der Waals surface area contributed by atoms with Crippen LogP contribution in [0.5, 0.6) is 0 Å². The summed E-state index contributed by atoms with van der Waals surface area (Å²) in [5.41, 5.74) is 3.22. The first kappa shape index (κ1) is 17.9. The van der Waals surface area contributed by atoms with Crippen LogP contribution in [0, 0.1) is 6.92 Å². The molecule has 0 radical (unpaired) electrons. The monoisotopic (exact) mass is 357 g/mol. The normalized spacial score (nSPS) is 20.6. The second-order valence-corrected chi connectivity index (χ2v) is 8.40. The molecule has 2 N–H and O–H groups in total. The van der Waals surface area contributed by atoms with Gasteiger partial charge in [-0.05, 0) is 42.5 Å². The molecule has 1 aliphatic carbocycles. The van der Waals surface area contributed by atoms with Crippen LogP contribution in [0.2, 0.25) is 0 Å². The lowest BCUT2D eigenvalue weighted by atomic mass is 9.80. The maximum absolute atomic E-state index is 12.2. The Morgan fingerprint density at radius 3 is 2.52 bits per heavy atom. The zero-order valence-electron chi connectivity index (χ0n) is 14.3. The van der Waals surface area contributed by atoms with Crippen molar-refractivity contribution in [2.75, 3.05) is 6.54 Å². The lowest BCUT2D eigenvalue weighted by Crippen LogP contribution is -2.46. The maximum Gasteiger partial charge on any atom is 0.233 e. The maximum atomic E-state index is 12.2. The van der Waals surface area contributed by atoms with Gasteiger partial charge in [-0.3, -0.25) is 0 Å². The molecule has 4 nitrogen and oxygen atoms in total. The van der Waals surface area contributed by atoms with E-state index in [0.717, 1.165) is 28.5 Å². The van der Waals surface area contributed by atoms with Gasteiger partial charge in [-0.25, -0.2) is 13.1 Å². The van der Waals surface area contributed by atoms with Crippen molar-refractivity contribution in [2.24, 2.45) is 0 Å². The summed E-state index contributed by atoms with van der Waals surface area (Å²) in [5.74, 6) is 0. The fraction of sp³-hybridized carbons (Fsp3) is 0.300. The summed E-state index contributed by atoms with van der Waals surface area (Å²) in [4.78, 5) is 0. The fourth-order valence-corrected chi connectivity index (χ4v) is 3.97. The standard InChI is InChI=1S/C20H23NO3S/c1-16-6-8-17(9-7-16)11-13-25(23,24)21-15-20(22)12-10-18-4-2-3-5-19(18)14-20/h2-9,11,13,21-22H,10,12,14-15H2,1H3. The smallest absolute Gasteiger partial charge is 0.233 e. The largest absolute Gasteiger partial charge is 0.388 e. The molecule has 0 aromatic heterocycles. The molecule has 0 heterocycles. The van der Waals surface area contributed by atoms with Gasteiger partial charge in [0.25, 0.3) is 0 Å². The number of fused-ring (bicyclic) bond motifs is 1. The minimum atomic E-state index is -3.60. The lowest BCUT2D eigenvalue weighted by molar-refractivity contribution is 0.0318. The number of rotatable bonds is 5. The van der Waals surface area contributed by atoms with Gasteiger partial charge in [-0.2, -0.15) is 0 Å². The highest BCUT2D eigenvalue weighted by atomic mass is 32.2. The molecule has 1 atom stereocenters. The second-order valence-electron chi connectivity index (χ2n) is 6.75. The predicted octanol–water partition coefficient (Wildman–Crippen LogP) is 2.81. The molecule has 3 rings (SSSR count). The molecule has 132 valence electrons. The Hall–Kier alpha value is -1.95. The van der Waals surface area contributed by atoms with E-state index in [9.17, 15) is 13.5 Å². The summed E-state index contributed by atoms with van der Waals surface area (Å²) in [5, 5.41) is 11.9. The molecule has 0 fully saturated rings. The highest BCUT2D eigenvalue weighted by Gasteiger charge is 2.32. The molecular formula is C20H23NO3S. The third-order valence-electron chi connectivity index (χ3n) is 4.62. The van der Waals surface area contributed by atoms with Crippen molar-refractivity contribution >= 4 is 16.1 Å². The number of hydrogen-bond acceptors (Lipinski definition) is 3. The molecule has 0 amide bonds. The van der Waals surface area contributed by atoms with Crippen LogP contribution >= 0.6 is 0 Å². The first-order chi connectivity index (χ1) is 11.9. The lowest BCUT2D eigenvalue weighted by Gasteiger charge is -2.33. The quantitative estimate of drug-likeness (QED) is 0.865. The Morgan fingerprint density at radius 2 is 1.80 bits per heavy atom. The molecule has 0 bridgehead atoms. The van der Waals surface area contributed by atoms with Gasteiger partial charge < -0.3 is 5.11 Å². The zero-order chi connectivity index (χ0) is 17.9. The van der Waals surface area contributed by atoms with Gasteiger partial charge >= 0.3 is 0 Å². The van der Waals surface area contributed by atoms with E-state index in [1.165, 1.54) is 5.56 Å². The number of hydrogen-bond donors (Lipinski definition) is 2. The average Bonchev–Trinajstić information content (AvgIpc) is 2.60. The number of benzene rings is 2. The van der Waals surface area contributed by atoms with Crippen LogP contribution in [0.1, 0.15) is 28.7 Å². The van der Waals surface area contributed by atoms with Crippen molar-refractivity contribution in [3.05, 3.63) is 76.2 Å². The Labute approximate surface area is 149 Å². The molecule has 0 saturated heterocycles. The van der Waals surface area contributed by atoms with Crippen LogP contribution in [0.25, 0.3) is 6.08 Å². The van der Waals surface area contributed by atoms with E-state index >= 15 is 0 Å². The Balaban J connectivity index is 1.63. The SMILES string of the molecule is Cc1ccc(C=CS(=O)(=O)NCC2(O)CCc3ccccc3C2)cc1. The minimum Gasteiger partial charge on any atom is -0.388 e. The van der Waals surface area contributed by atoms with Crippen LogP contribution in [-0.2, 0) is 22.9 Å². The van der Waals surface area contributed by atoms with Crippen molar-refractivity contribution in [3.8, 4) is 0 Å². The second kappa shape index (κ2) is 7.12. The molecule has 1 unspecified atom stereocenters. The van der Waals surface area contributed by atoms with Crippen LogP contribution in [-0.4, -0.2) is 25.7 Å². The van der Waals surface area contributed by atoms with E-state index < -0.39 is 15.6 Å². The molecule has 2 aromatic carbocycles. The zero-order valence-corrected chi connectivity index (χ0v) is 15.1. The Bertz CT molecular complexity index is 872. The third-order valence-corrected chi connectivity index (χ3v) is 5.66. The average molecular weight is 357 g/mol. The van der Waals surface area contributed by atoms with Crippen molar-refractivity contribution < 1.29 is 13.5 Å². The molecule has 0 spiro atoms. The molecule has 1 aliphatic rings. The van der Waals surface area contributed by atoms with Gasteiger partial charge in [0, 0.05) is 18.4 Å². The first-order valence-electron chi connectivity index (χ1n) is 8.39.